The van der Waals surface area contributed by atoms with E-state index >= 15 is 0 Å². The zero-order chi connectivity index (χ0) is 13.8. The molecule has 1 aromatic heterocycles. The summed E-state index contributed by atoms with van der Waals surface area (Å²) < 4.78 is 5.12. The fourth-order valence-electron chi connectivity index (χ4n) is 1.37. The first-order valence-corrected chi connectivity index (χ1v) is 5.93. The van der Waals surface area contributed by atoms with Crippen LogP contribution >= 0.6 is 0 Å². The Bertz CT molecular complexity index is 413. The highest BCUT2D eigenvalue weighted by Crippen LogP contribution is 2.09. The van der Waals surface area contributed by atoms with E-state index < -0.39 is 11.7 Å². The fraction of sp³-hybridized carbons (Fsp3) is 0.538. The van der Waals surface area contributed by atoms with Crippen LogP contribution in [0.3, 0.4) is 0 Å². The Morgan fingerprint density at radius 1 is 1.56 bits per heavy atom. The summed E-state index contributed by atoms with van der Waals surface area (Å²) in [6, 6.07) is 3.47. The Kier molecular flexibility index (Phi) is 4.67. The third kappa shape index (κ3) is 5.14. The second-order valence-electron chi connectivity index (χ2n) is 5.25. The zero-order valence-electron chi connectivity index (χ0n) is 11.4. The highest BCUT2D eigenvalue weighted by molar-refractivity contribution is 5.67. The molecule has 1 atom stereocenters. The Morgan fingerprint density at radius 2 is 2.22 bits per heavy atom. The topological polar surface area (TPSA) is 77.2 Å². The Labute approximate surface area is 108 Å². The summed E-state index contributed by atoms with van der Waals surface area (Å²) in [7, 11) is 0. The van der Waals surface area contributed by atoms with Gasteiger partial charge in [0.05, 0.1) is 11.7 Å². The number of carbonyl (C=O) groups excluding carboxylic acids is 1. The normalized spacial score (nSPS) is 12.9. The molecule has 1 unspecified atom stereocenters. The van der Waals surface area contributed by atoms with Gasteiger partial charge >= 0.3 is 6.09 Å². The lowest BCUT2D eigenvalue weighted by molar-refractivity contribution is 0.0524. The van der Waals surface area contributed by atoms with Gasteiger partial charge in [0.1, 0.15) is 5.60 Å². The molecule has 0 saturated heterocycles. The van der Waals surface area contributed by atoms with E-state index in [0.717, 1.165) is 11.3 Å². The molecular formula is C13H21N3O2. The van der Waals surface area contributed by atoms with Crippen molar-refractivity contribution in [2.75, 3.05) is 6.54 Å². The van der Waals surface area contributed by atoms with Gasteiger partial charge in [-0.25, -0.2) is 4.79 Å². The van der Waals surface area contributed by atoms with E-state index in [1.54, 1.807) is 6.20 Å². The average Bonchev–Trinajstić information content (AvgIpc) is 2.23. The van der Waals surface area contributed by atoms with Crippen molar-refractivity contribution in [2.45, 2.75) is 39.3 Å². The average molecular weight is 251 g/mol. The summed E-state index contributed by atoms with van der Waals surface area (Å²) in [5.74, 6) is 0. The molecule has 5 heteroatoms. The lowest BCUT2D eigenvalue weighted by Crippen LogP contribution is -2.36. The highest BCUT2D eigenvalue weighted by Gasteiger charge is 2.17. The highest BCUT2D eigenvalue weighted by atomic mass is 16.6. The number of nitrogens with zero attached hydrogens (tertiary/aromatic N) is 1. The molecule has 0 fully saturated rings. The van der Waals surface area contributed by atoms with E-state index in [1.165, 1.54) is 0 Å². The van der Waals surface area contributed by atoms with E-state index in [1.807, 2.05) is 39.8 Å². The molecule has 1 rings (SSSR count). The van der Waals surface area contributed by atoms with Crippen LogP contribution < -0.4 is 11.1 Å². The lowest BCUT2D eigenvalue weighted by atomic mass is 10.1. The van der Waals surface area contributed by atoms with Crippen molar-refractivity contribution < 1.29 is 9.53 Å². The van der Waals surface area contributed by atoms with Gasteiger partial charge in [0.25, 0.3) is 0 Å². The van der Waals surface area contributed by atoms with Crippen LogP contribution in [-0.2, 0) is 4.74 Å². The molecule has 0 radical (unpaired) electrons. The maximum absolute atomic E-state index is 11.5. The molecule has 1 heterocycles. The molecule has 100 valence electrons. The molecule has 0 aliphatic heterocycles. The van der Waals surface area contributed by atoms with E-state index in [-0.39, 0.29) is 6.04 Å². The van der Waals surface area contributed by atoms with Crippen molar-refractivity contribution in [1.82, 2.24) is 10.3 Å². The van der Waals surface area contributed by atoms with Crippen molar-refractivity contribution in [3.05, 3.63) is 29.6 Å². The number of alkyl carbamates (subject to hydrolysis) is 1. The minimum absolute atomic E-state index is 0.297. The number of aryl methyl sites for hydroxylation is 1. The smallest absolute Gasteiger partial charge is 0.407 e. The van der Waals surface area contributed by atoms with Crippen LogP contribution in [0.2, 0.25) is 0 Å². The minimum Gasteiger partial charge on any atom is -0.444 e. The first-order valence-electron chi connectivity index (χ1n) is 5.93. The van der Waals surface area contributed by atoms with Crippen LogP contribution in [-0.4, -0.2) is 23.2 Å². The Balaban J connectivity index is 2.46. The second-order valence-corrected chi connectivity index (χ2v) is 5.25. The summed E-state index contributed by atoms with van der Waals surface area (Å²) in [6.07, 6.45) is 1.24. The third-order valence-electron chi connectivity index (χ3n) is 2.18. The molecule has 1 amide bonds. The van der Waals surface area contributed by atoms with Gasteiger partial charge in [0.15, 0.2) is 0 Å². The van der Waals surface area contributed by atoms with Crippen molar-refractivity contribution >= 4 is 6.09 Å². The number of carbonyl (C=O) groups is 1. The zero-order valence-corrected chi connectivity index (χ0v) is 11.4. The molecule has 1 aromatic rings. The second kappa shape index (κ2) is 5.82. The van der Waals surface area contributed by atoms with Gasteiger partial charge in [-0.15, -0.1) is 0 Å². The SMILES string of the molecule is Cc1ccnc(C(N)CNC(=O)OC(C)(C)C)c1. The van der Waals surface area contributed by atoms with Crippen LogP contribution in [0.1, 0.15) is 38.1 Å². The maximum Gasteiger partial charge on any atom is 0.407 e. The van der Waals surface area contributed by atoms with Crippen LogP contribution in [0.25, 0.3) is 0 Å². The predicted octanol–water partition coefficient (Wildman–Crippen LogP) is 1.91. The van der Waals surface area contributed by atoms with Crippen LogP contribution in [0.4, 0.5) is 4.79 Å². The quantitative estimate of drug-likeness (QED) is 0.860. The number of pyridine rings is 1. The van der Waals surface area contributed by atoms with Crippen LogP contribution in [0.5, 0.6) is 0 Å². The van der Waals surface area contributed by atoms with Gasteiger partial charge < -0.3 is 15.8 Å². The Hall–Kier alpha value is -1.62. The van der Waals surface area contributed by atoms with Gasteiger partial charge in [-0.3, -0.25) is 4.98 Å². The summed E-state index contributed by atoms with van der Waals surface area (Å²) in [6.45, 7) is 7.71. The summed E-state index contributed by atoms with van der Waals surface area (Å²) >= 11 is 0. The predicted molar refractivity (Wildman–Crippen MR) is 70.1 cm³/mol. The molecule has 0 aliphatic rings. The van der Waals surface area contributed by atoms with Gasteiger partial charge in [-0.1, -0.05) is 0 Å². The molecule has 0 bridgehead atoms. The molecule has 0 saturated carbocycles. The largest absolute Gasteiger partial charge is 0.444 e. The number of nitrogens with two attached hydrogens (primary N) is 1. The summed E-state index contributed by atoms with van der Waals surface area (Å²) in [5.41, 5.74) is 7.29. The van der Waals surface area contributed by atoms with Crippen LogP contribution in [0.15, 0.2) is 18.3 Å². The molecule has 0 aromatic carbocycles. The van der Waals surface area contributed by atoms with Crippen molar-refractivity contribution in [3.63, 3.8) is 0 Å². The van der Waals surface area contributed by atoms with E-state index in [4.69, 9.17) is 10.5 Å². The molecule has 5 nitrogen and oxygen atoms in total. The number of hydrogen-bond acceptors (Lipinski definition) is 4. The molecule has 0 aliphatic carbocycles. The maximum atomic E-state index is 11.5. The van der Waals surface area contributed by atoms with Crippen molar-refractivity contribution in [3.8, 4) is 0 Å². The lowest BCUT2D eigenvalue weighted by Gasteiger charge is -2.20. The van der Waals surface area contributed by atoms with Crippen LogP contribution in [0, 0.1) is 6.92 Å². The minimum atomic E-state index is -0.504. The van der Waals surface area contributed by atoms with Crippen molar-refractivity contribution in [2.24, 2.45) is 5.73 Å². The van der Waals surface area contributed by atoms with E-state index in [9.17, 15) is 4.79 Å². The standard InChI is InChI=1S/C13H21N3O2/c1-9-5-6-15-11(7-9)10(14)8-16-12(17)18-13(2,3)4/h5-7,10H,8,14H2,1-4H3,(H,16,17). The first-order chi connectivity index (χ1) is 8.28. The summed E-state index contributed by atoms with van der Waals surface area (Å²) in [4.78, 5) is 15.6. The number of aromatic nitrogens is 1. The van der Waals surface area contributed by atoms with Gasteiger partial charge in [-0.2, -0.15) is 0 Å². The number of hydrogen-bond donors (Lipinski definition) is 2. The summed E-state index contributed by atoms with van der Waals surface area (Å²) in [5, 5.41) is 2.63. The van der Waals surface area contributed by atoms with Gasteiger partial charge in [0.2, 0.25) is 0 Å². The van der Waals surface area contributed by atoms with E-state index in [0.29, 0.717) is 6.54 Å². The number of amides is 1. The molecular weight excluding hydrogens is 230 g/mol. The fourth-order valence-corrected chi connectivity index (χ4v) is 1.37. The van der Waals surface area contributed by atoms with E-state index in [2.05, 4.69) is 10.3 Å². The van der Waals surface area contributed by atoms with Crippen molar-refractivity contribution in [1.29, 1.82) is 0 Å². The number of ether oxygens (including phenoxy) is 1. The molecule has 3 N–H and O–H groups in total. The third-order valence-corrected chi connectivity index (χ3v) is 2.18. The van der Waals surface area contributed by atoms with Gasteiger partial charge in [0, 0.05) is 12.7 Å². The Morgan fingerprint density at radius 3 is 2.78 bits per heavy atom. The molecule has 0 spiro atoms. The monoisotopic (exact) mass is 251 g/mol. The first kappa shape index (κ1) is 14.4. The molecule has 18 heavy (non-hydrogen) atoms. The number of nitrogens with one attached hydrogen (secondary N) is 1. The number of rotatable bonds is 3. The van der Waals surface area contributed by atoms with Gasteiger partial charge in [-0.05, 0) is 45.4 Å².